The van der Waals surface area contributed by atoms with E-state index in [1.54, 1.807) is 18.2 Å². The van der Waals surface area contributed by atoms with Crippen LogP contribution in [0.2, 0.25) is 5.02 Å². The summed E-state index contributed by atoms with van der Waals surface area (Å²) in [6.07, 6.45) is 0. The van der Waals surface area contributed by atoms with Crippen molar-refractivity contribution in [2.24, 2.45) is 0 Å². The van der Waals surface area contributed by atoms with E-state index < -0.39 is 15.9 Å². The molecule has 128 valence electrons. The standard InChI is InChI=1S/C16H17ClN2O4S/c1-10-8-12(17)5-6-13(10)19-16(20)11-4-7-14(23-3)15(9-11)24(21,22)18-2/h4-9,18H,1-3H3,(H,19,20). The minimum Gasteiger partial charge on any atom is -0.495 e. The molecule has 0 aliphatic heterocycles. The van der Waals surface area contributed by atoms with Crippen LogP contribution >= 0.6 is 11.6 Å². The first-order valence-corrected chi connectivity index (χ1v) is 8.83. The van der Waals surface area contributed by atoms with E-state index in [-0.39, 0.29) is 16.2 Å². The summed E-state index contributed by atoms with van der Waals surface area (Å²) in [5, 5.41) is 3.30. The van der Waals surface area contributed by atoms with Gasteiger partial charge in [0.2, 0.25) is 10.0 Å². The number of halogens is 1. The summed E-state index contributed by atoms with van der Waals surface area (Å²) < 4.78 is 31.4. The van der Waals surface area contributed by atoms with Crippen LogP contribution in [-0.4, -0.2) is 28.5 Å². The number of hydrogen-bond acceptors (Lipinski definition) is 4. The zero-order valence-corrected chi connectivity index (χ0v) is 15.0. The highest BCUT2D eigenvalue weighted by Gasteiger charge is 2.20. The smallest absolute Gasteiger partial charge is 0.255 e. The second-order valence-electron chi connectivity index (χ2n) is 4.99. The molecule has 0 bridgehead atoms. The van der Waals surface area contributed by atoms with Crippen LogP contribution in [0.15, 0.2) is 41.3 Å². The van der Waals surface area contributed by atoms with Crippen LogP contribution in [-0.2, 0) is 10.0 Å². The van der Waals surface area contributed by atoms with Gasteiger partial charge in [0.1, 0.15) is 10.6 Å². The molecule has 0 radical (unpaired) electrons. The number of carbonyl (C=O) groups excluding carboxylic acids is 1. The number of hydrogen-bond donors (Lipinski definition) is 2. The third-order valence-corrected chi connectivity index (χ3v) is 5.09. The SMILES string of the molecule is CNS(=O)(=O)c1cc(C(=O)Nc2ccc(Cl)cc2C)ccc1OC. The van der Waals surface area contributed by atoms with E-state index in [1.165, 1.54) is 32.4 Å². The van der Waals surface area contributed by atoms with Gasteiger partial charge in [-0.05, 0) is 55.9 Å². The van der Waals surface area contributed by atoms with Crippen LogP contribution in [0.4, 0.5) is 5.69 Å². The van der Waals surface area contributed by atoms with Gasteiger partial charge < -0.3 is 10.1 Å². The number of methoxy groups -OCH3 is 1. The number of aryl methyl sites for hydroxylation is 1. The van der Waals surface area contributed by atoms with E-state index in [1.807, 2.05) is 6.92 Å². The molecule has 2 aromatic rings. The molecule has 24 heavy (non-hydrogen) atoms. The zero-order chi connectivity index (χ0) is 17.9. The number of benzene rings is 2. The van der Waals surface area contributed by atoms with Crippen molar-refractivity contribution in [3.63, 3.8) is 0 Å². The molecule has 0 fully saturated rings. The number of amides is 1. The van der Waals surface area contributed by atoms with E-state index >= 15 is 0 Å². The fourth-order valence-electron chi connectivity index (χ4n) is 2.10. The topological polar surface area (TPSA) is 84.5 Å². The van der Waals surface area contributed by atoms with Gasteiger partial charge in [-0.15, -0.1) is 0 Å². The lowest BCUT2D eigenvalue weighted by Crippen LogP contribution is -2.20. The Bertz CT molecular complexity index is 882. The number of anilines is 1. The molecule has 0 aromatic heterocycles. The maximum absolute atomic E-state index is 12.4. The van der Waals surface area contributed by atoms with Crippen molar-refractivity contribution in [1.29, 1.82) is 0 Å². The summed E-state index contributed by atoms with van der Waals surface area (Å²) >= 11 is 5.89. The van der Waals surface area contributed by atoms with Crippen molar-refractivity contribution in [3.8, 4) is 5.75 Å². The second kappa shape index (κ2) is 7.21. The van der Waals surface area contributed by atoms with Gasteiger partial charge in [0.25, 0.3) is 5.91 Å². The van der Waals surface area contributed by atoms with Crippen LogP contribution in [0, 0.1) is 6.92 Å². The maximum Gasteiger partial charge on any atom is 0.255 e. The molecule has 2 rings (SSSR count). The quantitative estimate of drug-likeness (QED) is 0.849. The normalized spacial score (nSPS) is 11.2. The highest BCUT2D eigenvalue weighted by atomic mass is 35.5. The van der Waals surface area contributed by atoms with Gasteiger partial charge in [-0.25, -0.2) is 13.1 Å². The first-order chi connectivity index (χ1) is 11.3. The predicted octanol–water partition coefficient (Wildman–Crippen LogP) is 2.82. The average molecular weight is 369 g/mol. The molecule has 0 aliphatic carbocycles. The van der Waals surface area contributed by atoms with Crippen molar-refractivity contribution in [1.82, 2.24) is 4.72 Å². The lowest BCUT2D eigenvalue weighted by atomic mass is 10.1. The molecule has 8 heteroatoms. The van der Waals surface area contributed by atoms with Crippen LogP contribution in [0.25, 0.3) is 0 Å². The first-order valence-electron chi connectivity index (χ1n) is 6.97. The fraction of sp³-hybridized carbons (Fsp3) is 0.188. The van der Waals surface area contributed by atoms with Crippen molar-refractivity contribution in [2.45, 2.75) is 11.8 Å². The predicted molar refractivity (Wildman–Crippen MR) is 93.4 cm³/mol. The average Bonchev–Trinajstić information content (AvgIpc) is 2.56. The van der Waals surface area contributed by atoms with Gasteiger partial charge in [-0.2, -0.15) is 0 Å². The summed E-state index contributed by atoms with van der Waals surface area (Å²) in [4.78, 5) is 12.3. The Kier molecular flexibility index (Phi) is 5.48. The highest BCUT2D eigenvalue weighted by Crippen LogP contribution is 2.26. The monoisotopic (exact) mass is 368 g/mol. The van der Waals surface area contributed by atoms with Gasteiger partial charge in [-0.3, -0.25) is 4.79 Å². The highest BCUT2D eigenvalue weighted by molar-refractivity contribution is 7.89. The number of ether oxygens (including phenoxy) is 1. The lowest BCUT2D eigenvalue weighted by Gasteiger charge is -2.12. The Morgan fingerprint density at radius 1 is 1.17 bits per heavy atom. The number of nitrogens with one attached hydrogen (secondary N) is 2. The van der Waals surface area contributed by atoms with E-state index in [0.717, 1.165) is 5.56 Å². The Morgan fingerprint density at radius 2 is 1.88 bits per heavy atom. The van der Waals surface area contributed by atoms with Crippen LogP contribution < -0.4 is 14.8 Å². The number of rotatable bonds is 5. The van der Waals surface area contributed by atoms with Gasteiger partial charge in [0, 0.05) is 16.3 Å². The summed E-state index contributed by atoms with van der Waals surface area (Å²) in [5.41, 5.74) is 1.59. The van der Waals surface area contributed by atoms with Crippen molar-refractivity contribution in [2.75, 3.05) is 19.5 Å². The Balaban J connectivity index is 2.38. The van der Waals surface area contributed by atoms with Crippen LogP contribution in [0.1, 0.15) is 15.9 Å². The van der Waals surface area contributed by atoms with E-state index in [0.29, 0.717) is 10.7 Å². The second-order valence-corrected chi connectivity index (χ2v) is 7.28. The molecular formula is C16H17ClN2O4S. The molecule has 2 aromatic carbocycles. The molecule has 0 atom stereocenters. The summed E-state index contributed by atoms with van der Waals surface area (Å²) in [6.45, 7) is 1.81. The molecule has 0 unspecified atom stereocenters. The van der Waals surface area contributed by atoms with Gasteiger partial charge in [0.15, 0.2) is 0 Å². The van der Waals surface area contributed by atoms with Gasteiger partial charge in [-0.1, -0.05) is 11.6 Å². The van der Waals surface area contributed by atoms with Crippen molar-refractivity contribution >= 4 is 33.2 Å². The molecule has 0 saturated heterocycles. The summed E-state index contributed by atoms with van der Waals surface area (Å²) in [6, 6.07) is 9.27. The first kappa shape index (κ1) is 18.3. The minimum absolute atomic E-state index is 0.104. The molecule has 2 N–H and O–H groups in total. The third-order valence-electron chi connectivity index (χ3n) is 3.42. The van der Waals surface area contributed by atoms with Crippen molar-refractivity contribution in [3.05, 3.63) is 52.5 Å². The molecule has 0 aliphatic rings. The van der Waals surface area contributed by atoms with Crippen molar-refractivity contribution < 1.29 is 17.9 Å². The Hall–Kier alpha value is -2.09. The number of sulfonamides is 1. The molecule has 0 spiro atoms. The van der Waals surface area contributed by atoms with E-state index in [2.05, 4.69) is 10.0 Å². The molecule has 6 nitrogen and oxygen atoms in total. The summed E-state index contributed by atoms with van der Waals surface area (Å²) in [7, 11) is -1.10. The summed E-state index contributed by atoms with van der Waals surface area (Å²) in [5.74, 6) is -0.279. The maximum atomic E-state index is 12.4. The lowest BCUT2D eigenvalue weighted by molar-refractivity contribution is 0.102. The fourth-order valence-corrected chi connectivity index (χ4v) is 3.24. The van der Waals surface area contributed by atoms with Gasteiger partial charge in [0.05, 0.1) is 7.11 Å². The molecule has 0 heterocycles. The van der Waals surface area contributed by atoms with E-state index in [9.17, 15) is 13.2 Å². The molecular weight excluding hydrogens is 352 g/mol. The zero-order valence-electron chi connectivity index (χ0n) is 13.4. The third kappa shape index (κ3) is 3.87. The molecule has 1 amide bonds. The number of carbonyl (C=O) groups is 1. The van der Waals surface area contributed by atoms with Crippen LogP contribution in [0.5, 0.6) is 5.75 Å². The van der Waals surface area contributed by atoms with Crippen LogP contribution in [0.3, 0.4) is 0 Å². The Labute approximate surface area is 145 Å². The van der Waals surface area contributed by atoms with Gasteiger partial charge >= 0.3 is 0 Å². The minimum atomic E-state index is -3.76. The van der Waals surface area contributed by atoms with E-state index in [4.69, 9.17) is 16.3 Å². The largest absolute Gasteiger partial charge is 0.495 e. The molecule has 0 saturated carbocycles. The Morgan fingerprint density at radius 3 is 2.46 bits per heavy atom.